The SMILES string of the molecule is O[C@@H]1CCOc2cccnc21. The highest BCUT2D eigenvalue weighted by Gasteiger charge is 2.19. The van der Waals surface area contributed by atoms with Gasteiger partial charge in [-0.25, -0.2) is 0 Å². The molecule has 1 aliphatic rings. The van der Waals surface area contributed by atoms with Gasteiger partial charge in [-0.15, -0.1) is 0 Å². The van der Waals surface area contributed by atoms with Crippen LogP contribution < -0.4 is 4.74 Å². The lowest BCUT2D eigenvalue weighted by atomic mass is 10.1. The van der Waals surface area contributed by atoms with E-state index in [2.05, 4.69) is 4.98 Å². The van der Waals surface area contributed by atoms with E-state index in [1.165, 1.54) is 0 Å². The predicted molar refractivity (Wildman–Crippen MR) is 39.3 cm³/mol. The van der Waals surface area contributed by atoms with Crippen molar-refractivity contribution in [3.8, 4) is 5.75 Å². The molecule has 0 bridgehead atoms. The summed E-state index contributed by atoms with van der Waals surface area (Å²) in [5.41, 5.74) is 0.666. The highest BCUT2D eigenvalue weighted by Crippen LogP contribution is 2.28. The summed E-state index contributed by atoms with van der Waals surface area (Å²) in [7, 11) is 0. The standard InChI is InChI=1S/C8H9NO2/c10-6-3-5-11-7-2-1-4-9-8(6)7/h1-2,4,6,10H,3,5H2/t6-/m1/s1. The van der Waals surface area contributed by atoms with Crippen LogP contribution in [0.15, 0.2) is 18.3 Å². The minimum atomic E-state index is -0.444. The van der Waals surface area contributed by atoms with Crippen molar-refractivity contribution in [2.24, 2.45) is 0 Å². The Bertz CT molecular complexity index is 262. The summed E-state index contributed by atoms with van der Waals surface area (Å²) in [4.78, 5) is 4.03. The Morgan fingerprint density at radius 1 is 1.64 bits per heavy atom. The molecule has 0 unspecified atom stereocenters. The molecule has 1 aliphatic heterocycles. The first-order chi connectivity index (χ1) is 5.38. The van der Waals surface area contributed by atoms with Gasteiger partial charge in [-0.2, -0.15) is 0 Å². The molecule has 1 aromatic rings. The van der Waals surface area contributed by atoms with E-state index in [1.807, 2.05) is 6.07 Å². The maximum absolute atomic E-state index is 9.42. The number of pyridine rings is 1. The first-order valence-electron chi connectivity index (χ1n) is 3.64. The summed E-state index contributed by atoms with van der Waals surface area (Å²) < 4.78 is 5.27. The lowest BCUT2D eigenvalue weighted by Gasteiger charge is -2.20. The van der Waals surface area contributed by atoms with Crippen LogP contribution in [0.2, 0.25) is 0 Å². The van der Waals surface area contributed by atoms with Gasteiger partial charge in [0, 0.05) is 12.6 Å². The Labute approximate surface area is 64.6 Å². The molecule has 1 atom stereocenters. The zero-order valence-corrected chi connectivity index (χ0v) is 6.03. The molecule has 58 valence electrons. The van der Waals surface area contributed by atoms with E-state index < -0.39 is 6.10 Å². The van der Waals surface area contributed by atoms with Crippen molar-refractivity contribution >= 4 is 0 Å². The molecule has 1 N–H and O–H groups in total. The van der Waals surface area contributed by atoms with Crippen LogP contribution in [0.1, 0.15) is 18.2 Å². The van der Waals surface area contributed by atoms with Gasteiger partial charge in [-0.05, 0) is 12.1 Å². The van der Waals surface area contributed by atoms with Crippen LogP contribution >= 0.6 is 0 Å². The van der Waals surface area contributed by atoms with E-state index in [9.17, 15) is 5.11 Å². The van der Waals surface area contributed by atoms with Crippen LogP contribution in [0.4, 0.5) is 0 Å². The first kappa shape index (κ1) is 6.61. The third-order valence-electron chi connectivity index (χ3n) is 1.76. The summed E-state index contributed by atoms with van der Waals surface area (Å²) in [5.74, 6) is 0.714. The van der Waals surface area contributed by atoms with Gasteiger partial charge >= 0.3 is 0 Å². The minimum Gasteiger partial charge on any atom is -0.491 e. The summed E-state index contributed by atoms with van der Waals surface area (Å²) in [6, 6.07) is 3.63. The molecule has 0 fully saturated rings. The Balaban J connectivity index is 2.44. The molecule has 3 heteroatoms. The fourth-order valence-electron chi connectivity index (χ4n) is 1.19. The van der Waals surface area contributed by atoms with Crippen molar-refractivity contribution < 1.29 is 9.84 Å². The van der Waals surface area contributed by atoms with E-state index in [-0.39, 0.29) is 0 Å². The van der Waals surface area contributed by atoms with Gasteiger partial charge in [0.1, 0.15) is 17.5 Å². The van der Waals surface area contributed by atoms with Gasteiger partial charge in [-0.1, -0.05) is 0 Å². The molecular formula is C8H9NO2. The maximum atomic E-state index is 9.42. The van der Waals surface area contributed by atoms with Gasteiger partial charge in [0.25, 0.3) is 0 Å². The molecule has 0 saturated carbocycles. The fraction of sp³-hybridized carbons (Fsp3) is 0.375. The Kier molecular flexibility index (Phi) is 1.51. The Morgan fingerprint density at radius 2 is 2.55 bits per heavy atom. The largest absolute Gasteiger partial charge is 0.491 e. The van der Waals surface area contributed by atoms with Crippen molar-refractivity contribution in [1.29, 1.82) is 0 Å². The van der Waals surface area contributed by atoms with Crippen LogP contribution in [-0.4, -0.2) is 16.7 Å². The molecule has 0 saturated heterocycles. The number of hydrogen-bond acceptors (Lipinski definition) is 3. The highest BCUT2D eigenvalue weighted by atomic mass is 16.5. The van der Waals surface area contributed by atoms with E-state index in [0.29, 0.717) is 24.5 Å². The zero-order valence-electron chi connectivity index (χ0n) is 6.03. The van der Waals surface area contributed by atoms with Crippen molar-refractivity contribution in [3.63, 3.8) is 0 Å². The quantitative estimate of drug-likeness (QED) is 0.599. The molecule has 0 aliphatic carbocycles. The number of nitrogens with zero attached hydrogens (tertiary/aromatic N) is 1. The van der Waals surface area contributed by atoms with E-state index in [4.69, 9.17) is 4.74 Å². The molecular weight excluding hydrogens is 142 g/mol. The van der Waals surface area contributed by atoms with Crippen LogP contribution in [0.25, 0.3) is 0 Å². The highest BCUT2D eigenvalue weighted by molar-refractivity contribution is 5.29. The zero-order chi connectivity index (χ0) is 7.68. The number of aromatic nitrogens is 1. The normalized spacial score (nSPS) is 22.1. The predicted octanol–water partition coefficient (Wildman–Crippen LogP) is 0.897. The maximum Gasteiger partial charge on any atom is 0.143 e. The van der Waals surface area contributed by atoms with Crippen molar-refractivity contribution in [2.75, 3.05) is 6.61 Å². The van der Waals surface area contributed by atoms with Gasteiger partial charge in [0.05, 0.1) is 6.61 Å². The van der Waals surface area contributed by atoms with Gasteiger partial charge < -0.3 is 9.84 Å². The molecule has 0 aromatic carbocycles. The lowest BCUT2D eigenvalue weighted by molar-refractivity contribution is 0.110. The number of rotatable bonds is 0. The second kappa shape index (κ2) is 2.51. The third-order valence-corrected chi connectivity index (χ3v) is 1.76. The molecule has 0 radical (unpaired) electrons. The topological polar surface area (TPSA) is 42.4 Å². The summed E-state index contributed by atoms with van der Waals surface area (Å²) >= 11 is 0. The molecule has 0 spiro atoms. The number of aliphatic hydroxyl groups is 1. The summed E-state index contributed by atoms with van der Waals surface area (Å²) in [6.07, 6.45) is 1.86. The third kappa shape index (κ3) is 1.07. The van der Waals surface area contributed by atoms with Crippen LogP contribution in [-0.2, 0) is 0 Å². The average Bonchev–Trinajstić information content (AvgIpc) is 2.06. The van der Waals surface area contributed by atoms with Crippen molar-refractivity contribution in [2.45, 2.75) is 12.5 Å². The number of hydrogen-bond donors (Lipinski definition) is 1. The number of aliphatic hydroxyl groups excluding tert-OH is 1. The monoisotopic (exact) mass is 151 g/mol. The first-order valence-corrected chi connectivity index (χ1v) is 3.64. The van der Waals surface area contributed by atoms with Crippen molar-refractivity contribution in [1.82, 2.24) is 4.98 Å². The van der Waals surface area contributed by atoms with Crippen LogP contribution in [0, 0.1) is 0 Å². The Hall–Kier alpha value is -1.09. The average molecular weight is 151 g/mol. The second-order valence-electron chi connectivity index (χ2n) is 2.54. The lowest BCUT2D eigenvalue weighted by Crippen LogP contribution is -2.14. The Morgan fingerprint density at radius 3 is 3.36 bits per heavy atom. The van der Waals surface area contributed by atoms with Gasteiger partial charge in [0.15, 0.2) is 0 Å². The molecule has 1 aromatic heterocycles. The van der Waals surface area contributed by atoms with E-state index >= 15 is 0 Å². The fourth-order valence-corrected chi connectivity index (χ4v) is 1.19. The number of fused-ring (bicyclic) bond motifs is 1. The molecule has 2 heterocycles. The van der Waals surface area contributed by atoms with Crippen LogP contribution in [0.5, 0.6) is 5.75 Å². The smallest absolute Gasteiger partial charge is 0.143 e. The molecule has 11 heavy (non-hydrogen) atoms. The van der Waals surface area contributed by atoms with Crippen LogP contribution in [0.3, 0.4) is 0 Å². The van der Waals surface area contributed by atoms with Gasteiger partial charge in [0.2, 0.25) is 0 Å². The van der Waals surface area contributed by atoms with Crippen molar-refractivity contribution in [3.05, 3.63) is 24.0 Å². The van der Waals surface area contributed by atoms with E-state index in [1.54, 1.807) is 12.3 Å². The number of ether oxygens (including phenoxy) is 1. The molecule has 3 nitrogen and oxygen atoms in total. The minimum absolute atomic E-state index is 0.444. The molecule has 0 amide bonds. The second-order valence-corrected chi connectivity index (χ2v) is 2.54. The van der Waals surface area contributed by atoms with Gasteiger partial charge in [-0.3, -0.25) is 4.98 Å². The molecule has 2 rings (SSSR count). The van der Waals surface area contributed by atoms with E-state index in [0.717, 1.165) is 0 Å². The summed E-state index contributed by atoms with van der Waals surface area (Å²) in [6.45, 7) is 0.583. The summed E-state index contributed by atoms with van der Waals surface area (Å²) in [5, 5.41) is 9.42.